The molecule has 8 heteroatoms. The third-order valence-electron chi connectivity index (χ3n) is 5.05. The van der Waals surface area contributed by atoms with Gasteiger partial charge in [-0.15, -0.1) is 22.7 Å². The number of thiazole rings is 1. The highest BCUT2D eigenvalue weighted by Gasteiger charge is 2.21. The summed E-state index contributed by atoms with van der Waals surface area (Å²) in [7, 11) is 0. The fraction of sp³-hybridized carbons (Fsp3) is 0.444. The van der Waals surface area contributed by atoms with Crippen LogP contribution < -0.4 is 10.9 Å². The standard InChI is InChI=1S/C18H18N4O2S2/c23-14(22-18-19-10-4-2-6-12(10)26-18)8-7-13-20-16(24)15-9-3-1-5-11(9)25-17(15)21-13/h1-8H2,(H,19,22,23)(H,20,21,24). The molecule has 2 N–H and O–H groups in total. The number of aromatic nitrogens is 3. The summed E-state index contributed by atoms with van der Waals surface area (Å²) in [5.74, 6) is 0.494. The van der Waals surface area contributed by atoms with E-state index in [2.05, 4.69) is 20.3 Å². The number of aryl methyl sites for hydroxylation is 5. The topological polar surface area (TPSA) is 87.7 Å². The van der Waals surface area contributed by atoms with E-state index in [1.807, 2.05) is 0 Å². The Morgan fingerprint density at radius 1 is 1.08 bits per heavy atom. The normalized spacial score (nSPS) is 15.4. The van der Waals surface area contributed by atoms with Crippen molar-refractivity contribution in [3.8, 4) is 0 Å². The number of carbonyl (C=O) groups is 1. The van der Waals surface area contributed by atoms with Crippen molar-refractivity contribution < 1.29 is 4.79 Å². The minimum Gasteiger partial charge on any atom is -0.310 e. The van der Waals surface area contributed by atoms with Crippen molar-refractivity contribution >= 4 is 43.9 Å². The molecule has 3 aromatic rings. The molecule has 2 aliphatic rings. The number of hydrogen-bond acceptors (Lipinski definition) is 6. The van der Waals surface area contributed by atoms with Crippen molar-refractivity contribution in [3.05, 3.63) is 37.2 Å². The Hall–Kier alpha value is -2.06. The van der Waals surface area contributed by atoms with Crippen LogP contribution in [0.15, 0.2) is 4.79 Å². The Morgan fingerprint density at radius 3 is 2.81 bits per heavy atom. The zero-order chi connectivity index (χ0) is 17.7. The summed E-state index contributed by atoms with van der Waals surface area (Å²) < 4.78 is 0. The van der Waals surface area contributed by atoms with E-state index in [0.29, 0.717) is 17.4 Å². The highest BCUT2D eigenvalue weighted by atomic mass is 32.1. The predicted octanol–water partition coefficient (Wildman–Crippen LogP) is 2.99. The van der Waals surface area contributed by atoms with Gasteiger partial charge in [-0.1, -0.05) is 0 Å². The molecule has 2 aliphatic carbocycles. The van der Waals surface area contributed by atoms with Gasteiger partial charge in [0.2, 0.25) is 5.91 Å². The van der Waals surface area contributed by atoms with E-state index in [4.69, 9.17) is 0 Å². The average Bonchev–Trinajstić information content (AvgIpc) is 3.32. The van der Waals surface area contributed by atoms with Gasteiger partial charge in [0.25, 0.3) is 5.56 Å². The highest BCUT2D eigenvalue weighted by Crippen LogP contribution is 2.34. The number of aromatic amines is 1. The summed E-state index contributed by atoms with van der Waals surface area (Å²) in [5.41, 5.74) is 2.24. The number of carbonyl (C=O) groups excluding carboxylic acids is 1. The molecule has 0 saturated heterocycles. The van der Waals surface area contributed by atoms with Crippen LogP contribution in [0.25, 0.3) is 10.2 Å². The first kappa shape index (κ1) is 16.1. The molecule has 5 rings (SSSR count). The summed E-state index contributed by atoms with van der Waals surface area (Å²) in [6.45, 7) is 0. The Balaban J connectivity index is 1.28. The van der Waals surface area contributed by atoms with Crippen LogP contribution in [0, 0.1) is 0 Å². The molecule has 134 valence electrons. The molecule has 1 amide bonds. The number of thiophene rings is 1. The van der Waals surface area contributed by atoms with Gasteiger partial charge in [-0.05, 0) is 44.1 Å². The van der Waals surface area contributed by atoms with Crippen molar-refractivity contribution in [3.63, 3.8) is 0 Å². The molecule has 6 nitrogen and oxygen atoms in total. The van der Waals surface area contributed by atoms with Gasteiger partial charge in [-0.25, -0.2) is 9.97 Å². The molecule has 0 atom stereocenters. The zero-order valence-electron chi connectivity index (χ0n) is 14.2. The van der Waals surface area contributed by atoms with E-state index in [1.165, 1.54) is 15.3 Å². The van der Waals surface area contributed by atoms with Crippen LogP contribution in [-0.4, -0.2) is 20.9 Å². The molecule has 3 aromatic heterocycles. The summed E-state index contributed by atoms with van der Waals surface area (Å²) in [5, 5.41) is 4.32. The van der Waals surface area contributed by atoms with Crippen LogP contribution in [0.1, 0.15) is 46.1 Å². The second-order valence-corrected chi connectivity index (χ2v) is 9.01. The van der Waals surface area contributed by atoms with E-state index in [0.717, 1.165) is 54.4 Å². The van der Waals surface area contributed by atoms with E-state index in [-0.39, 0.29) is 17.9 Å². The molecule has 0 saturated carbocycles. The predicted molar refractivity (Wildman–Crippen MR) is 103 cm³/mol. The van der Waals surface area contributed by atoms with Gasteiger partial charge in [-0.3, -0.25) is 9.59 Å². The maximum absolute atomic E-state index is 12.4. The second kappa shape index (κ2) is 6.28. The largest absolute Gasteiger partial charge is 0.310 e. The second-order valence-electron chi connectivity index (χ2n) is 6.84. The lowest BCUT2D eigenvalue weighted by Crippen LogP contribution is -2.16. The van der Waals surface area contributed by atoms with Gasteiger partial charge >= 0.3 is 0 Å². The fourth-order valence-corrected chi connectivity index (χ4v) is 6.17. The third-order valence-corrected chi connectivity index (χ3v) is 7.31. The van der Waals surface area contributed by atoms with Crippen molar-refractivity contribution in [2.45, 2.75) is 51.4 Å². The number of fused-ring (bicyclic) bond motifs is 4. The van der Waals surface area contributed by atoms with E-state index in [1.54, 1.807) is 22.7 Å². The first-order valence-electron chi connectivity index (χ1n) is 8.99. The molecule has 26 heavy (non-hydrogen) atoms. The van der Waals surface area contributed by atoms with Gasteiger partial charge in [0.1, 0.15) is 10.7 Å². The number of nitrogens with one attached hydrogen (secondary N) is 2. The van der Waals surface area contributed by atoms with Crippen molar-refractivity contribution in [1.29, 1.82) is 0 Å². The Labute approximate surface area is 157 Å². The number of nitrogens with zero attached hydrogens (tertiary/aromatic N) is 2. The molecular weight excluding hydrogens is 368 g/mol. The fourth-order valence-electron chi connectivity index (χ4n) is 3.82. The van der Waals surface area contributed by atoms with Gasteiger partial charge in [-0.2, -0.15) is 0 Å². The van der Waals surface area contributed by atoms with Gasteiger partial charge in [0, 0.05) is 22.6 Å². The average molecular weight is 387 g/mol. The van der Waals surface area contributed by atoms with Crippen LogP contribution in [0.5, 0.6) is 0 Å². The van der Waals surface area contributed by atoms with Crippen LogP contribution in [-0.2, 0) is 36.9 Å². The van der Waals surface area contributed by atoms with Crippen molar-refractivity contribution in [2.75, 3.05) is 5.32 Å². The maximum atomic E-state index is 12.4. The summed E-state index contributed by atoms with van der Waals surface area (Å²) in [6.07, 6.45) is 7.09. The zero-order valence-corrected chi connectivity index (χ0v) is 15.8. The molecular formula is C18H18N4O2S2. The first-order valence-corrected chi connectivity index (χ1v) is 10.6. The number of rotatable bonds is 4. The Morgan fingerprint density at radius 2 is 1.92 bits per heavy atom. The van der Waals surface area contributed by atoms with Crippen molar-refractivity contribution in [2.24, 2.45) is 0 Å². The van der Waals surface area contributed by atoms with E-state index >= 15 is 0 Å². The number of hydrogen-bond donors (Lipinski definition) is 2. The Kier molecular flexibility index (Phi) is 3.90. The molecule has 0 bridgehead atoms. The SMILES string of the molecule is O=C(CCc1nc2sc3c(c2c(=O)[nH]1)CCC3)Nc1nc2c(s1)CCC2. The molecule has 0 aromatic carbocycles. The van der Waals surface area contributed by atoms with Crippen LogP contribution in [0.2, 0.25) is 0 Å². The summed E-state index contributed by atoms with van der Waals surface area (Å²) >= 11 is 3.20. The molecule has 0 aliphatic heterocycles. The lowest BCUT2D eigenvalue weighted by molar-refractivity contribution is -0.116. The third kappa shape index (κ3) is 2.77. The lowest BCUT2D eigenvalue weighted by Gasteiger charge is -2.03. The van der Waals surface area contributed by atoms with Gasteiger partial charge in [0.05, 0.1) is 11.1 Å². The highest BCUT2D eigenvalue weighted by molar-refractivity contribution is 7.18. The summed E-state index contributed by atoms with van der Waals surface area (Å²) in [6, 6.07) is 0. The van der Waals surface area contributed by atoms with Gasteiger partial charge < -0.3 is 10.3 Å². The number of amides is 1. The quantitative estimate of drug-likeness (QED) is 0.722. The molecule has 3 heterocycles. The monoisotopic (exact) mass is 386 g/mol. The molecule has 0 fully saturated rings. The number of H-pyrrole nitrogens is 1. The maximum Gasteiger partial charge on any atom is 0.259 e. The number of anilines is 1. The molecule has 0 radical (unpaired) electrons. The molecule has 0 spiro atoms. The van der Waals surface area contributed by atoms with Crippen LogP contribution >= 0.6 is 22.7 Å². The molecule has 0 unspecified atom stereocenters. The lowest BCUT2D eigenvalue weighted by atomic mass is 10.2. The Bertz CT molecular complexity index is 1060. The van der Waals surface area contributed by atoms with E-state index < -0.39 is 0 Å². The van der Waals surface area contributed by atoms with Crippen molar-refractivity contribution in [1.82, 2.24) is 15.0 Å². The minimum atomic E-state index is -0.0890. The first-order chi connectivity index (χ1) is 12.7. The summed E-state index contributed by atoms with van der Waals surface area (Å²) in [4.78, 5) is 40.0. The minimum absolute atomic E-state index is 0.0684. The van der Waals surface area contributed by atoms with Crippen LogP contribution in [0.3, 0.4) is 0 Å². The van der Waals surface area contributed by atoms with Crippen LogP contribution in [0.4, 0.5) is 5.13 Å². The van der Waals surface area contributed by atoms with Gasteiger partial charge in [0.15, 0.2) is 5.13 Å². The van der Waals surface area contributed by atoms with E-state index in [9.17, 15) is 9.59 Å². The smallest absolute Gasteiger partial charge is 0.259 e.